The molecule has 6 heteroatoms. The summed E-state index contributed by atoms with van der Waals surface area (Å²) in [6.07, 6.45) is 5.40. The molecule has 0 saturated heterocycles. The summed E-state index contributed by atoms with van der Waals surface area (Å²) in [4.78, 5) is 11.6. The van der Waals surface area contributed by atoms with Crippen LogP contribution in [-0.4, -0.2) is 20.5 Å². The van der Waals surface area contributed by atoms with Crippen molar-refractivity contribution in [1.29, 1.82) is 0 Å². The van der Waals surface area contributed by atoms with Crippen LogP contribution in [0.1, 0.15) is 94.9 Å². The zero-order valence-corrected chi connectivity index (χ0v) is 28.5. The Labute approximate surface area is 232 Å². The average Bonchev–Trinajstić information content (AvgIpc) is 2.69. The second-order valence-electron chi connectivity index (χ2n) is 13.6. The quantitative estimate of drug-likeness (QED) is 0.261. The zero-order valence-electron chi connectivity index (χ0n) is 24.4. The van der Waals surface area contributed by atoms with E-state index >= 15 is 0 Å². The molecule has 0 bridgehead atoms. The van der Waals surface area contributed by atoms with Gasteiger partial charge in [0.05, 0.1) is 0 Å². The Hall–Kier alpha value is 1.43. The molecule has 0 heterocycles. The Kier molecular flexibility index (Phi) is 14.9. The Morgan fingerprint density at radius 2 is 0.794 bits per heavy atom. The molecule has 0 spiro atoms. The van der Waals surface area contributed by atoms with Crippen LogP contribution in [0.5, 0.6) is 0 Å². The van der Waals surface area contributed by atoms with E-state index in [1.54, 1.807) is 0 Å². The summed E-state index contributed by atoms with van der Waals surface area (Å²) in [6.45, 7) is 29.3. The van der Waals surface area contributed by atoms with Gasteiger partial charge in [0.25, 0.3) is 0 Å². The fourth-order valence-corrected chi connectivity index (χ4v) is 9.35. The molecule has 0 radical (unpaired) electrons. The first-order valence-electron chi connectivity index (χ1n) is 14.0. The summed E-state index contributed by atoms with van der Waals surface area (Å²) in [5, 5.41) is 0. The van der Waals surface area contributed by atoms with Crippen LogP contribution in [0.2, 0.25) is 13.1 Å². The van der Waals surface area contributed by atoms with Gasteiger partial charge < -0.3 is 9.96 Å². The van der Waals surface area contributed by atoms with Crippen LogP contribution in [0.4, 0.5) is 0 Å². The van der Waals surface area contributed by atoms with Gasteiger partial charge in [-0.25, -0.2) is 0 Å². The van der Waals surface area contributed by atoms with Crippen molar-refractivity contribution >= 4 is 27.0 Å². The fourth-order valence-electron chi connectivity index (χ4n) is 7.06. The standard InChI is InChI=1S/C28H56N2Si.2ClH.Ti/c1-17(2)23-13-21(9)14-24(18(3)4)27(23)29-31(11,12)30-28-25(19(5)6)15-22(10)16-26(28)20(7)8;;;/h17-28H,13-16H2,1-12H3;2*1H;/q-2;;;+2/p-2. The number of nitrogens with zero attached hydrogens (tertiary/aromatic N) is 2. The number of hydrogen-bond acceptors (Lipinski definition) is 0. The van der Waals surface area contributed by atoms with Gasteiger partial charge in [-0.3, -0.25) is 0 Å². The molecule has 2 nitrogen and oxygen atoms in total. The number of rotatable bonds is 8. The van der Waals surface area contributed by atoms with E-state index in [0.29, 0.717) is 35.8 Å². The van der Waals surface area contributed by atoms with E-state index in [9.17, 15) is 0 Å². The van der Waals surface area contributed by atoms with Crippen molar-refractivity contribution in [2.24, 2.45) is 59.2 Å². The molecule has 0 amide bonds. The van der Waals surface area contributed by atoms with Gasteiger partial charge in [-0.05, 0) is 61.2 Å². The predicted molar refractivity (Wildman–Crippen MR) is 154 cm³/mol. The van der Waals surface area contributed by atoms with Crippen molar-refractivity contribution in [3.8, 4) is 0 Å². The van der Waals surface area contributed by atoms with E-state index in [0.717, 1.165) is 35.5 Å². The van der Waals surface area contributed by atoms with Crippen molar-refractivity contribution < 1.29 is 17.0 Å². The maximum absolute atomic E-state index is 5.78. The summed E-state index contributed by atoms with van der Waals surface area (Å²) in [7, 11) is 7.75. The second kappa shape index (κ2) is 15.1. The van der Waals surface area contributed by atoms with E-state index in [-0.39, 0.29) is 0 Å². The molecule has 4 atom stereocenters. The number of halogens is 2. The summed E-state index contributed by atoms with van der Waals surface area (Å²) in [5.74, 6) is 7.44. The summed E-state index contributed by atoms with van der Waals surface area (Å²) < 4.78 is 0. The van der Waals surface area contributed by atoms with Crippen LogP contribution < -0.4 is 0 Å². The van der Waals surface area contributed by atoms with E-state index in [1.165, 1.54) is 25.7 Å². The first-order chi connectivity index (χ1) is 15.6. The molecule has 0 aromatic carbocycles. The average molecular weight is 568 g/mol. The minimum absolute atomic E-state index is 0.513. The van der Waals surface area contributed by atoms with Crippen molar-refractivity contribution in [1.82, 2.24) is 0 Å². The molecule has 0 N–H and O–H groups in total. The number of hydrogen-bond donors (Lipinski definition) is 0. The Balaban J connectivity index is 0.00000182. The molecule has 2 aliphatic rings. The SMILES string of the molecule is CC1CC(C(C)C)C([N-][Si](C)(C)[N-]C2C(C(C)C)CC(C)CC2C(C)C)C(C(C)C)C1.[Cl][Ti][Cl]. The van der Waals surface area contributed by atoms with Crippen LogP contribution in [0, 0.1) is 59.2 Å². The third kappa shape index (κ3) is 9.96. The zero-order chi connectivity index (χ0) is 26.4. The third-order valence-electron chi connectivity index (χ3n) is 8.81. The van der Waals surface area contributed by atoms with E-state index in [4.69, 9.17) is 28.6 Å². The Morgan fingerprint density at radius 1 is 0.588 bits per heavy atom. The molecule has 2 fully saturated rings. The monoisotopic (exact) mass is 566 g/mol. The van der Waals surface area contributed by atoms with Gasteiger partial charge in [0, 0.05) is 0 Å². The molecule has 2 rings (SSSR count). The van der Waals surface area contributed by atoms with Crippen LogP contribution in [-0.2, 0) is 17.0 Å². The predicted octanol–water partition coefficient (Wildman–Crippen LogP) is 10.5. The van der Waals surface area contributed by atoms with E-state index < -0.39 is 25.4 Å². The van der Waals surface area contributed by atoms with Gasteiger partial charge >= 0.3 is 35.6 Å². The topological polar surface area (TPSA) is 28.2 Å². The van der Waals surface area contributed by atoms with Gasteiger partial charge in [0.1, 0.15) is 0 Å². The van der Waals surface area contributed by atoms with Gasteiger partial charge in [0.2, 0.25) is 0 Å². The maximum atomic E-state index is 5.78. The minimum atomic E-state index is -2.02. The van der Waals surface area contributed by atoms with Crippen molar-refractivity contribution in [3.63, 3.8) is 0 Å². The molecule has 202 valence electrons. The molecule has 0 aromatic heterocycles. The third-order valence-corrected chi connectivity index (χ3v) is 10.7. The van der Waals surface area contributed by atoms with Gasteiger partial charge in [0.15, 0.2) is 0 Å². The van der Waals surface area contributed by atoms with Crippen LogP contribution >= 0.6 is 18.6 Å². The first kappa shape index (κ1) is 33.5. The van der Waals surface area contributed by atoms with Crippen LogP contribution in [0.15, 0.2) is 0 Å². The van der Waals surface area contributed by atoms with E-state index in [1.807, 2.05) is 0 Å². The van der Waals surface area contributed by atoms with Crippen LogP contribution in [0.25, 0.3) is 9.96 Å². The van der Waals surface area contributed by atoms with Gasteiger partial charge in [-0.1, -0.05) is 92.9 Å². The molecule has 0 aliphatic heterocycles. The van der Waals surface area contributed by atoms with Gasteiger partial charge in [-0.2, -0.15) is 8.40 Å². The summed E-state index contributed by atoms with van der Waals surface area (Å²) in [5.41, 5.74) is 0. The van der Waals surface area contributed by atoms with E-state index in [2.05, 4.69) is 82.3 Å². The Morgan fingerprint density at radius 3 is 0.971 bits per heavy atom. The van der Waals surface area contributed by atoms with Crippen molar-refractivity contribution in [2.75, 3.05) is 0 Å². The molecular formula is C28H56Cl2N2SiTi-2. The second-order valence-corrected chi connectivity index (χ2v) is 19.7. The molecule has 0 aromatic rings. The van der Waals surface area contributed by atoms with Crippen molar-refractivity contribution in [3.05, 3.63) is 9.96 Å². The first-order valence-corrected chi connectivity index (χ1v) is 21.2. The molecule has 34 heavy (non-hydrogen) atoms. The molecule has 2 aliphatic carbocycles. The summed E-state index contributed by atoms with van der Waals surface area (Å²) >= 11 is -0.556. The molecule has 2 saturated carbocycles. The van der Waals surface area contributed by atoms with Crippen LogP contribution in [0.3, 0.4) is 0 Å². The van der Waals surface area contributed by atoms with Crippen molar-refractivity contribution in [2.45, 2.75) is 120 Å². The molecular weight excluding hydrogens is 511 g/mol. The fraction of sp³-hybridized carbons (Fsp3) is 1.00. The van der Waals surface area contributed by atoms with Gasteiger partial charge in [-0.15, -0.1) is 25.2 Å². The molecule has 4 unspecified atom stereocenters. The normalized spacial score (nSPS) is 35.0. The Bertz CT molecular complexity index is 491. The summed E-state index contributed by atoms with van der Waals surface area (Å²) in [6, 6.07) is 1.03.